The lowest BCUT2D eigenvalue weighted by atomic mass is 10.6. The lowest BCUT2D eigenvalue weighted by molar-refractivity contribution is 1.06. The van der Waals surface area contributed by atoms with Crippen LogP contribution in [-0.2, 0) is 0 Å². The minimum atomic E-state index is 0.895. The summed E-state index contributed by atoms with van der Waals surface area (Å²) in [6.07, 6.45) is 5.45. The first-order valence-electron chi connectivity index (χ1n) is 2.81. The number of nitrogens with zero attached hydrogens (tertiary/aromatic N) is 3. The van der Waals surface area contributed by atoms with Gasteiger partial charge in [-0.1, -0.05) is 0 Å². The molecule has 0 aliphatic heterocycles. The van der Waals surface area contributed by atoms with Crippen molar-refractivity contribution in [3.8, 4) is 0 Å². The van der Waals surface area contributed by atoms with Crippen LogP contribution in [0.25, 0.3) is 5.65 Å². The number of halogens is 1. The summed E-state index contributed by atoms with van der Waals surface area (Å²) < 4.78 is 2.88. The Morgan fingerprint density at radius 1 is 1.40 bits per heavy atom. The van der Waals surface area contributed by atoms with Crippen LogP contribution in [0, 0.1) is 3.83 Å². The topological polar surface area (TPSA) is 30.2 Å². The van der Waals surface area contributed by atoms with Crippen LogP contribution in [0.1, 0.15) is 0 Å². The lowest BCUT2D eigenvalue weighted by Gasteiger charge is -1.89. The predicted molar refractivity (Wildman–Crippen MR) is 45.7 cm³/mol. The van der Waals surface area contributed by atoms with E-state index in [2.05, 4.69) is 32.6 Å². The van der Waals surface area contributed by atoms with E-state index in [0.717, 1.165) is 9.48 Å². The maximum Gasteiger partial charge on any atom is 0.177 e. The molecule has 0 saturated carbocycles. The zero-order valence-corrected chi connectivity index (χ0v) is 7.19. The maximum absolute atomic E-state index is 4.10. The smallest absolute Gasteiger partial charge is 0.177 e. The molecule has 0 radical (unpaired) electrons. The van der Waals surface area contributed by atoms with Crippen molar-refractivity contribution in [1.82, 2.24) is 14.4 Å². The Morgan fingerprint density at radius 3 is 3.10 bits per heavy atom. The molecule has 0 amide bonds. The van der Waals surface area contributed by atoms with Crippen LogP contribution in [0.3, 0.4) is 0 Å². The molecule has 3 nitrogen and oxygen atoms in total. The quantitative estimate of drug-likeness (QED) is 0.655. The van der Waals surface area contributed by atoms with Crippen LogP contribution < -0.4 is 0 Å². The third kappa shape index (κ3) is 0.792. The largest absolute Gasteiger partial charge is 0.279 e. The normalized spacial score (nSPS) is 10.5. The van der Waals surface area contributed by atoms with Crippen LogP contribution in [0.15, 0.2) is 24.7 Å². The average molecular weight is 245 g/mol. The predicted octanol–water partition coefficient (Wildman–Crippen LogP) is 1.33. The van der Waals surface area contributed by atoms with Crippen molar-refractivity contribution in [2.24, 2.45) is 0 Å². The fourth-order valence-corrected chi connectivity index (χ4v) is 1.35. The van der Waals surface area contributed by atoms with E-state index in [1.165, 1.54) is 0 Å². The number of hydrogen-bond donors (Lipinski definition) is 0. The molecule has 0 atom stereocenters. The van der Waals surface area contributed by atoms with Crippen molar-refractivity contribution in [2.75, 3.05) is 0 Å². The zero-order valence-electron chi connectivity index (χ0n) is 5.03. The number of imidazole rings is 1. The molecule has 0 fully saturated rings. The fourth-order valence-electron chi connectivity index (χ4n) is 0.807. The highest BCUT2D eigenvalue weighted by molar-refractivity contribution is 14.1. The van der Waals surface area contributed by atoms with Crippen LogP contribution in [0.5, 0.6) is 0 Å². The van der Waals surface area contributed by atoms with Gasteiger partial charge in [0.05, 0.1) is 6.20 Å². The van der Waals surface area contributed by atoms with E-state index in [4.69, 9.17) is 0 Å². The highest BCUT2D eigenvalue weighted by Crippen LogP contribution is 2.04. The van der Waals surface area contributed by atoms with Gasteiger partial charge in [-0.3, -0.25) is 4.40 Å². The molecule has 0 saturated heterocycles. The number of rotatable bonds is 0. The number of hydrogen-bond acceptors (Lipinski definition) is 2. The summed E-state index contributed by atoms with van der Waals surface area (Å²) in [5, 5.41) is 0. The Hall–Kier alpha value is -0.650. The molecular weight excluding hydrogens is 241 g/mol. The van der Waals surface area contributed by atoms with Gasteiger partial charge in [0.15, 0.2) is 9.48 Å². The monoisotopic (exact) mass is 245 g/mol. The summed E-state index contributed by atoms with van der Waals surface area (Å²) >= 11 is 2.17. The van der Waals surface area contributed by atoms with Gasteiger partial charge in [-0.05, 0) is 6.07 Å². The molecule has 2 heterocycles. The van der Waals surface area contributed by atoms with E-state index in [-0.39, 0.29) is 0 Å². The molecule has 0 spiro atoms. The molecule has 2 aromatic rings. The molecule has 10 heavy (non-hydrogen) atoms. The Labute approximate surface area is 71.3 Å². The van der Waals surface area contributed by atoms with Crippen molar-refractivity contribution in [3.63, 3.8) is 0 Å². The summed E-state index contributed by atoms with van der Waals surface area (Å²) in [5.74, 6) is 0. The molecule has 0 unspecified atom stereocenters. The van der Waals surface area contributed by atoms with Crippen LogP contribution in [-0.4, -0.2) is 14.4 Å². The van der Waals surface area contributed by atoms with Crippen molar-refractivity contribution in [3.05, 3.63) is 28.5 Å². The molecule has 0 N–H and O–H groups in total. The minimum Gasteiger partial charge on any atom is -0.279 e. The summed E-state index contributed by atoms with van der Waals surface area (Å²) in [6.45, 7) is 0. The van der Waals surface area contributed by atoms with Gasteiger partial charge in [0.25, 0.3) is 0 Å². The second-order valence-electron chi connectivity index (χ2n) is 1.88. The molecule has 50 valence electrons. The fraction of sp³-hybridized carbons (Fsp3) is 0. The van der Waals surface area contributed by atoms with Gasteiger partial charge in [-0.25, -0.2) is 9.97 Å². The van der Waals surface area contributed by atoms with Crippen LogP contribution >= 0.6 is 22.6 Å². The van der Waals surface area contributed by atoms with Crippen LogP contribution in [0.2, 0.25) is 0 Å². The first-order chi connectivity index (χ1) is 4.88. The van der Waals surface area contributed by atoms with Gasteiger partial charge in [0.1, 0.15) is 0 Å². The van der Waals surface area contributed by atoms with Gasteiger partial charge in [-0.2, -0.15) is 0 Å². The SMILES string of the molecule is Ic1ncc2ncccn12. The van der Waals surface area contributed by atoms with E-state index in [9.17, 15) is 0 Å². The van der Waals surface area contributed by atoms with E-state index in [0.29, 0.717) is 0 Å². The standard InChI is InChI=1S/C6H4IN3/c7-6-9-4-5-8-2-1-3-10(5)6/h1-4H. The van der Waals surface area contributed by atoms with E-state index >= 15 is 0 Å². The summed E-state index contributed by atoms with van der Waals surface area (Å²) in [7, 11) is 0. The van der Waals surface area contributed by atoms with Gasteiger partial charge < -0.3 is 0 Å². The van der Waals surface area contributed by atoms with Crippen molar-refractivity contribution >= 4 is 28.2 Å². The molecule has 0 aliphatic carbocycles. The molecule has 0 bridgehead atoms. The summed E-state index contributed by atoms with van der Waals surface area (Å²) in [4.78, 5) is 8.18. The van der Waals surface area contributed by atoms with Gasteiger partial charge >= 0.3 is 0 Å². The molecule has 2 rings (SSSR count). The van der Waals surface area contributed by atoms with Crippen LogP contribution in [0.4, 0.5) is 0 Å². The number of aromatic nitrogens is 3. The molecule has 2 aromatic heterocycles. The van der Waals surface area contributed by atoms with Gasteiger partial charge in [0, 0.05) is 35.0 Å². The first kappa shape index (κ1) is 6.09. The number of fused-ring (bicyclic) bond motifs is 1. The molecule has 4 heteroatoms. The Morgan fingerprint density at radius 2 is 2.30 bits per heavy atom. The lowest BCUT2D eigenvalue weighted by Crippen LogP contribution is -1.86. The highest BCUT2D eigenvalue weighted by Gasteiger charge is 1.96. The third-order valence-electron chi connectivity index (χ3n) is 1.26. The molecule has 0 aromatic carbocycles. The molecule has 0 aliphatic rings. The second kappa shape index (κ2) is 2.19. The molecular formula is C6H4IN3. The van der Waals surface area contributed by atoms with Gasteiger partial charge in [-0.15, -0.1) is 0 Å². The van der Waals surface area contributed by atoms with Gasteiger partial charge in [0.2, 0.25) is 0 Å². The van der Waals surface area contributed by atoms with E-state index in [1.807, 2.05) is 16.7 Å². The van der Waals surface area contributed by atoms with E-state index < -0.39 is 0 Å². The average Bonchev–Trinajstić information content (AvgIpc) is 2.34. The summed E-state index contributed by atoms with van der Waals surface area (Å²) in [6, 6.07) is 1.89. The highest BCUT2D eigenvalue weighted by atomic mass is 127. The second-order valence-corrected chi connectivity index (χ2v) is 2.84. The summed E-state index contributed by atoms with van der Waals surface area (Å²) in [5.41, 5.74) is 0.895. The minimum absolute atomic E-state index is 0.895. The van der Waals surface area contributed by atoms with E-state index in [1.54, 1.807) is 12.4 Å². The van der Waals surface area contributed by atoms with Crippen molar-refractivity contribution < 1.29 is 0 Å². The Balaban J connectivity index is 2.93. The first-order valence-corrected chi connectivity index (χ1v) is 3.89. The Bertz CT molecular complexity index is 355. The zero-order chi connectivity index (χ0) is 6.97. The third-order valence-corrected chi connectivity index (χ3v) is 2.06. The maximum atomic E-state index is 4.10. The van der Waals surface area contributed by atoms with Crippen molar-refractivity contribution in [2.45, 2.75) is 0 Å². The van der Waals surface area contributed by atoms with Crippen molar-refractivity contribution in [1.29, 1.82) is 0 Å². The Kier molecular flexibility index (Phi) is 1.33.